The third-order valence-electron chi connectivity index (χ3n) is 1.92. The molecular weight excluding hydrogens is 222 g/mol. The second kappa shape index (κ2) is 4.42. The number of carbonyl (C=O) groups excluding carboxylic acids is 2. The zero-order chi connectivity index (χ0) is 12.3. The van der Waals surface area contributed by atoms with Crippen molar-refractivity contribution in [2.75, 3.05) is 6.61 Å². The molecule has 1 heterocycles. The summed E-state index contributed by atoms with van der Waals surface area (Å²) in [6.07, 6.45) is 1.10. The lowest BCUT2D eigenvalue weighted by Crippen LogP contribution is -2.39. The van der Waals surface area contributed by atoms with E-state index in [0.29, 0.717) is 0 Å². The van der Waals surface area contributed by atoms with Gasteiger partial charge in [-0.2, -0.15) is 8.78 Å². The van der Waals surface area contributed by atoms with Crippen molar-refractivity contribution in [3.05, 3.63) is 23.7 Å². The Morgan fingerprint density at radius 3 is 2.56 bits per heavy atom. The van der Waals surface area contributed by atoms with Crippen LogP contribution in [-0.2, 0) is 9.53 Å². The van der Waals surface area contributed by atoms with Crippen molar-refractivity contribution in [1.29, 1.82) is 0 Å². The molecule has 0 spiro atoms. The van der Waals surface area contributed by atoms with Crippen molar-refractivity contribution in [2.24, 2.45) is 0 Å². The van der Waals surface area contributed by atoms with Gasteiger partial charge in [0.25, 0.3) is 0 Å². The molecule has 1 rings (SSSR count). The van der Waals surface area contributed by atoms with Crippen LogP contribution in [0.4, 0.5) is 8.78 Å². The maximum atomic E-state index is 13.3. The highest BCUT2D eigenvalue weighted by Gasteiger charge is 2.50. The van der Waals surface area contributed by atoms with E-state index in [2.05, 4.69) is 4.74 Å². The van der Waals surface area contributed by atoms with Crippen molar-refractivity contribution in [3.63, 3.8) is 0 Å². The van der Waals surface area contributed by atoms with E-state index in [-0.39, 0.29) is 17.9 Å². The predicted octanol–water partition coefficient (Wildman–Crippen LogP) is 1.97. The highest BCUT2D eigenvalue weighted by atomic mass is 19.3. The van der Waals surface area contributed by atoms with Crippen LogP contribution in [0.2, 0.25) is 0 Å². The fraction of sp³-hybridized carbons (Fsp3) is 0.400. The lowest BCUT2D eigenvalue weighted by Gasteiger charge is -2.12. The number of ketones is 1. The van der Waals surface area contributed by atoms with E-state index in [9.17, 15) is 18.4 Å². The van der Waals surface area contributed by atoms with Crippen LogP contribution in [-0.4, -0.2) is 24.3 Å². The summed E-state index contributed by atoms with van der Waals surface area (Å²) in [7, 11) is 0. The van der Waals surface area contributed by atoms with Crippen LogP contribution in [0, 0.1) is 6.92 Å². The van der Waals surface area contributed by atoms with Gasteiger partial charge in [-0.25, -0.2) is 4.79 Å². The number of halogens is 2. The van der Waals surface area contributed by atoms with Crippen LogP contribution in [0.15, 0.2) is 16.7 Å². The minimum atomic E-state index is -4.18. The minimum absolute atomic E-state index is 0.0361. The van der Waals surface area contributed by atoms with Crippen molar-refractivity contribution in [3.8, 4) is 0 Å². The van der Waals surface area contributed by atoms with Gasteiger partial charge in [-0.05, 0) is 19.9 Å². The largest absolute Gasteiger partial charge is 0.469 e. The molecule has 1 aromatic rings. The van der Waals surface area contributed by atoms with Gasteiger partial charge in [0.2, 0.25) is 5.78 Å². The van der Waals surface area contributed by atoms with Gasteiger partial charge >= 0.3 is 11.9 Å². The summed E-state index contributed by atoms with van der Waals surface area (Å²) in [5, 5.41) is 0. The molecule has 0 unspecified atom stereocenters. The number of aryl methyl sites for hydroxylation is 1. The van der Waals surface area contributed by atoms with Gasteiger partial charge in [-0.1, -0.05) is 0 Å². The number of furan rings is 1. The number of hydrogen-bond acceptors (Lipinski definition) is 4. The first-order valence-electron chi connectivity index (χ1n) is 4.55. The predicted molar refractivity (Wildman–Crippen MR) is 49.4 cm³/mol. The number of Topliss-reactive ketones (excluding diaryl/α,β-unsaturated/α-hetero) is 1. The van der Waals surface area contributed by atoms with E-state index in [4.69, 9.17) is 4.42 Å². The molecule has 6 heteroatoms. The van der Waals surface area contributed by atoms with Gasteiger partial charge in [0.1, 0.15) is 5.76 Å². The first-order chi connectivity index (χ1) is 7.41. The third-order valence-corrected chi connectivity index (χ3v) is 1.92. The van der Waals surface area contributed by atoms with Gasteiger partial charge in [0, 0.05) is 0 Å². The molecule has 0 atom stereocenters. The van der Waals surface area contributed by atoms with Crippen molar-refractivity contribution in [2.45, 2.75) is 19.8 Å². The smallest absolute Gasteiger partial charge is 0.404 e. The summed E-state index contributed by atoms with van der Waals surface area (Å²) >= 11 is 0. The molecule has 1 aromatic heterocycles. The van der Waals surface area contributed by atoms with Crippen molar-refractivity contribution < 1.29 is 27.5 Å². The maximum Gasteiger partial charge on any atom is 0.404 e. The van der Waals surface area contributed by atoms with E-state index < -0.39 is 17.7 Å². The van der Waals surface area contributed by atoms with E-state index in [1.54, 1.807) is 0 Å². The Bertz CT molecular complexity index is 409. The Labute approximate surface area is 90.2 Å². The normalized spacial score (nSPS) is 11.2. The fourth-order valence-corrected chi connectivity index (χ4v) is 1.10. The lowest BCUT2D eigenvalue weighted by molar-refractivity contribution is -0.164. The zero-order valence-corrected chi connectivity index (χ0v) is 8.75. The molecule has 4 nitrogen and oxygen atoms in total. The molecule has 0 radical (unpaired) electrons. The topological polar surface area (TPSA) is 56.5 Å². The highest BCUT2D eigenvalue weighted by Crippen LogP contribution is 2.24. The summed E-state index contributed by atoms with van der Waals surface area (Å²) in [6.45, 7) is 2.52. The number of rotatable bonds is 4. The number of hydrogen-bond donors (Lipinski definition) is 0. The number of ether oxygens (including phenoxy) is 1. The highest BCUT2D eigenvalue weighted by molar-refractivity contribution is 6.14. The van der Waals surface area contributed by atoms with Crippen LogP contribution in [0.1, 0.15) is 23.0 Å². The van der Waals surface area contributed by atoms with E-state index in [1.165, 1.54) is 13.8 Å². The summed E-state index contributed by atoms with van der Waals surface area (Å²) in [4.78, 5) is 22.2. The first kappa shape index (κ1) is 12.4. The molecule has 0 aliphatic carbocycles. The molecule has 0 fully saturated rings. The monoisotopic (exact) mass is 232 g/mol. The molecule has 88 valence electrons. The Hall–Kier alpha value is -1.72. The molecule has 0 saturated heterocycles. The van der Waals surface area contributed by atoms with Crippen molar-refractivity contribution >= 4 is 11.8 Å². The van der Waals surface area contributed by atoms with E-state index in [0.717, 1.165) is 12.3 Å². The van der Waals surface area contributed by atoms with Crippen LogP contribution >= 0.6 is 0 Å². The van der Waals surface area contributed by atoms with E-state index in [1.807, 2.05) is 0 Å². The van der Waals surface area contributed by atoms with Crippen molar-refractivity contribution in [1.82, 2.24) is 0 Å². The van der Waals surface area contributed by atoms with E-state index >= 15 is 0 Å². The number of esters is 1. The van der Waals surface area contributed by atoms with Crippen LogP contribution in [0.25, 0.3) is 0 Å². The van der Waals surface area contributed by atoms with Crippen LogP contribution in [0.3, 0.4) is 0 Å². The Morgan fingerprint density at radius 1 is 1.50 bits per heavy atom. The minimum Gasteiger partial charge on any atom is -0.469 e. The quantitative estimate of drug-likeness (QED) is 0.452. The van der Waals surface area contributed by atoms with Gasteiger partial charge in [0.05, 0.1) is 18.4 Å². The Morgan fingerprint density at radius 2 is 2.12 bits per heavy atom. The third kappa shape index (κ3) is 2.10. The Kier molecular flexibility index (Phi) is 3.41. The summed E-state index contributed by atoms with van der Waals surface area (Å²) < 4.78 is 35.4. The van der Waals surface area contributed by atoms with Gasteiger partial charge in [-0.15, -0.1) is 0 Å². The molecule has 16 heavy (non-hydrogen) atoms. The average Bonchev–Trinajstić information content (AvgIpc) is 2.63. The molecule has 0 amide bonds. The number of carbonyl (C=O) groups is 2. The second-order valence-corrected chi connectivity index (χ2v) is 3.01. The van der Waals surface area contributed by atoms with Crippen LogP contribution in [0.5, 0.6) is 0 Å². The summed E-state index contributed by atoms with van der Waals surface area (Å²) in [5.74, 6) is -7.60. The lowest BCUT2D eigenvalue weighted by atomic mass is 10.1. The second-order valence-electron chi connectivity index (χ2n) is 3.01. The SMILES string of the molecule is CCOC(=O)C(F)(F)C(=O)c1ccoc1C. The molecule has 0 aliphatic heterocycles. The molecule has 0 N–H and O–H groups in total. The van der Waals surface area contributed by atoms with Gasteiger partial charge in [0.15, 0.2) is 0 Å². The van der Waals surface area contributed by atoms with Gasteiger partial charge < -0.3 is 9.15 Å². The summed E-state index contributed by atoms with van der Waals surface area (Å²) in [6, 6.07) is 1.09. The molecular formula is C10H10F2O4. The molecule has 0 aromatic carbocycles. The average molecular weight is 232 g/mol. The molecule has 0 bridgehead atoms. The Balaban J connectivity index is 2.97. The standard InChI is InChI=1S/C10H10F2O4/c1-3-15-9(14)10(11,12)8(13)7-4-5-16-6(7)2/h4-5H,3H2,1-2H3. The summed E-state index contributed by atoms with van der Waals surface area (Å²) in [5.41, 5.74) is -0.321. The fourth-order valence-electron chi connectivity index (χ4n) is 1.10. The first-order valence-corrected chi connectivity index (χ1v) is 4.55. The molecule has 0 aliphatic rings. The van der Waals surface area contributed by atoms with Gasteiger partial charge in [-0.3, -0.25) is 4.79 Å². The van der Waals surface area contributed by atoms with Crippen LogP contribution < -0.4 is 0 Å². The maximum absolute atomic E-state index is 13.3. The number of alkyl halides is 2. The molecule has 0 saturated carbocycles. The zero-order valence-electron chi connectivity index (χ0n) is 8.75.